The number of benzene rings is 1. The van der Waals surface area contributed by atoms with Gasteiger partial charge >= 0.3 is 0 Å². The molecule has 2 atom stereocenters. The summed E-state index contributed by atoms with van der Waals surface area (Å²) in [7, 11) is 0. The van der Waals surface area contributed by atoms with Crippen molar-refractivity contribution >= 4 is 16.9 Å². The molecule has 1 aliphatic rings. The number of hydrogen-bond acceptors (Lipinski definition) is 3. The SMILES string of the molecule is CCCCCCCNCC(=O)NC1CCCC(C)C1.c1ccc2[nH]cnc2c1. The zero-order chi connectivity index (χ0) is 20.0. The van der Waals surface area contributed by atoms with Gasteiger partial charge in [0.05, 0.1) is 23.9 Å². The van der Waals surface area contributed by atoms with Crippen molar-refractivity contribution in [3.05, 3.63) is 30.6 Å². The van der Waals surface area contributed by atoms with Crippen LogP contribution in [0, 0.1) is 5.92 Å². The number of amides is 1. The molecule has 3 N–H and O–H groups in total. The number of rotatable bonds is 9. The highest BCUT2D eigenvalue weighted by molar-refractivity contribution is 5.78. The van der Waals surface area contributed by atoms with E-state index in [1.807, 2.05) is 24.3 Å². The molecule has 0 saturated heterocycles. The van der Waals surface area contributed by atoms with Crippen LogP contribution in [0.25, 0.3) is 11.0 Å². The summed E-state index contributed by atoms with van der Waals surface area (Å²) in [5.41, 5.74) is 2.12. The molecule has 1 fully saturated rings. The molecule has 1 aromatic heterocycles. The zero-order valence-electron chi connectivity index (χ0n) is 17.7. The fourth-order valence-electron chi connectivity index (χ4n) is 3.78. The Balaban J connectivity index is 0.000000255. The van der Waals surface area contributed by atoms with Crippen molar-refractivity contribution in [2.45, 2.75) is 77.7 Å². The average Bonchev–Trinajstić information content (AvgIpc) is 3.17. The largest absolute Gasteiger partial charge is 0.352 e. The van der Waals surface area contributed by atoms with Gasteiger partial charge in [0.25, 0.3) is 0 Å². The number of aromatic amines is 1. The van der Waals surface area contributed by atoms with E-state index < -0.39 is 0 Å². The number of hydrogen-bond donors (Lipinski definition) is 3. The van der Waals surface area contributed by atoms with Gasteiger partial charge in [0.15, 0.2) is 0 Å². The van der Waals surface area contributed by atoms with Gasteiger partial charge in [0, 0.05) is 6.04 Å². The molecule has 1 heterocycles. The Morgan fingerprint density at radius 1 is 1.18 bits per heavy atom. The number of carbonyl (C=O) groups is 1. The van der Waals surface area contributed by atoms with Crippen LogP contribution in [0.5, 0.6) is 0 Å². The zero-order valence-corrected chi connectivity index (χ0v) is 17.7. The lowest BCUT2D eigenvalue weighted by Crippen LogP contribution is -2.42. The lowest BCUT2D eigenvalue weighted by molar-refractivity contribution is -0.121. The monoisotopic (exact) mass is 386 g/mol. The second kappa shape index (κ2) is 13.3. The minimum absolute atomic E-state index is 0.174. The van der Waals surface area contributed by atoms with Gasteiger partial charge in [0.2, 0.25) is 5.91 Å². The van der Waals surface area contributed by atoms with Crippen LogP contribution in [0.2, 0.25) is 0 Å². The molecule has 0 aliphatic heterocycles. The second-order valence-electron chi connectivity index (χ2n) is 8.05. The summed E-state index contributed by atoms with van der Waals surface area (Å²) < 4.78 is 0. The molecular weight excluding hydrogens is 348 g/mol. The molecule has 28 heavy (non-hydrogen) atoms. The maximum atomic E-state index is 11.8. The standard InChI is InChI=1S/C16H32N2O.C7H6N2/c1-3-4-5-6-7-11-17-13-16(19)18-15-10-8-9-14(2)12-15;1-2-4-7-6(3-1)8-5-9-7/h14-15,17H,3-13H2,1-2H3,(H,18,19);1-5H,(H,8,9). The predicted molar refractivity (Wildman–Crippen MR) is 117 cm³/mol. The number of nitrogens with zero attached hydrogens (tertiary/aromatic N) is 1. The Morgan fingerprint density at radius 3 is 2.79 bits per heavy atom. The maximum absolute atomic E-state index is 11.8. The number of fused-ring (bicyclic) bond motifs is 1. The molecule has 5 heteroatoms. The molecule has 2 aromatic rings. The number of aromatic nitrogens is 2. The number of nitrogens with one attached hydrogen (secondary N) is 3. The quantitative estimate of drug-likeness (QED) is 0.542. The minimum Gasteiger partial charge on any atom is -0.352 e. The number of para-hydroxylation sites is 2. The third kappa shape index (κ3) is 8.87. The first-order valence-electron chi connectivity index (χ1n) is 11.1. The van der Waals surface area contributed by atoms with E-state index in [-0.39, 0.29) is 5.91 Å². The van der Waals surface area contributed by atoms with Crippen molar-refractivity contribution in [1.82, 2.24) is 20.6 Å². The van der Waals surface area contributed by atoms with E-state index in [0.717, 1.165) is 36.3 Å². The highest BCUT2D eigenvalue weighted by atomic mass is 16.1. The molecular formula is C23H38N4O. The lowest BCUT2D eigenvalue weighted by atomic mass is 9.87. The maximum Gasteiger partial charge on any atom is 0.234 e. The van der Waals surface area contributed by atoms with Gasteiger partial charge in [-0.05, 0) is 43.9 Å². The van der Waals surface area contributed by atoms with Crippen molar-refractivity contribution in [2.24, 2.45) is 5.92 Å². The summed E-state index contributed by atoms with van der Waals surface area (Å²) in [6.45, 7) is 5.97. The van der Waals surface area contributed by atoms with Crippen LogP contribution in [0.1, 0.15) is 71.6 Å². The van der Waals surface area contributed by atoms with E-state index >= 15 is 0 Å². The Hall–Kier alpha value is -1.88. The van der Waals surface area contributed by atoms with Gasteiger partial charge in [-0.3, -0.25) is 4.79 Å². The van der Waals surface area contributed by atoms with E-state index in [4.69, 9.17) is 0 Å². The normalized spacial score (nSPS) is 19.1. The van der Waals surface area contributed by atoms with Gasteiger partial charge in [0.1, 0.15) is 0 Å². The molecule has 1 saturated carbocycles. The van der Waals surface area contributed by atoms with E-state index in [9.17, 15) is 4.79 Å². The van der Waals surface area contributed by atoms with Crippen molar-refractivity contribution in [2.75, 3.05) is 13.1 Å². The van der Waals surface area contributed by atoms with E-state index in [1.54, 1.807) is 6.33 Å². The van der Waals surface area contributed by atoms with E-state index in [1.165, 1.54) is 44.9 Å². The summed E-state index contributed by atoms with van der Waals surface area (Å²) in [5, 5.41) is 6.41. The molecule has 156 valence electrons. The number of imidazole rings is 1. The van der Waals surface area contributed by atoms with Crippen LogP contribution in [-0.2, 0) is 4.79 Å². The van der Waals surface area contributed by atoms with Crippen LogP contribution in [0.4, 0.5) is 0 Å². The van der Waals surface area contributed by atoms with Crippen molar-refractivity contribution < 1.29 is 4.79 Å². The van der Waals surface area contributed by atoms with Crippen LogP contribution in [0.3, 0.4) is 0 Å². The molecule has 1 amide bonds. The van der Waals surface area contributed by atoms with Crippen molar-refractivity contribution in [3.8, 4) is 0 Å². The first kappa shape index (κ1) is 22.4. The molecule has 5 nitrogen and oxygen atoms in total. The summed E-state index contributed by atoms with van der Waals surface area (Å²) >= 11 is 0. The van der Waals surface area contributed by atoms with Crippen LogP contribution in [-0.4, -0.2) is 35.0 Å². The van der Waals surface area contributed by atoms with Crippen LogP contribution < -0.4 is 10.6 Å². The Kier molecular flexibility index (Phi) is 10.7. The highest BCUT2D eigenvalue weighted by Gasteiger charge is 2.19. The first-order valence-corrected chi connectivity index (χ1v) is 11.1. The average molecular weight is 387 g/mol. The van der Waals surface area contributed by atoms with E-state index in [2.05, 4.69) is 34.4 Å². The Labute approximate surface area is 170 Å². The number of carbonyl (C=O) groups excluding carboxylic acids is 1. The van der Waals surface area contributed by atoms with Crippen LogP contribution in [0.15, 0.2) is 30.6 Å². The van der Waals surface area contributed by atoms with Crippen molar-refractivity contribution in [3.63, 3.8) is 0 Å². The molecule has 2 unspecified atom stereocenters. The lowest BCUT2D eigenvalue weighted by Gasteiger charge is -2.27. The summed E-state index contributed by atoms with van der Waals surface area (Å²) in [4.78, 5) is 18.9. The van der Waals surface area contributed by atoms with Gasteiger partial charge in [-0.25, -0.2) is 4.98 Å². The predicted octanol–water partition coefficient (Wildman–Crippen LogP) is 4.80. The van der Waals surface area contributed by atoms with E-state index in [0.29, 0.717) is 12.6 Å². The molecule has 1 aromatic carbocycles. The first-order chi connectivity index (χ1) is 13.7. The minimum atomic E-state index is 0.174. The fourth-order valence-corrected chi connectivity index (χ4v) is 3.78. The van der Waals surface area contributed by atoms with Crippen LogP contribution >= 0.6 is 0 Å². The van der Waals surface area contributed by atoms with Gasteiger partial charge < -0.3 is 15.6 Å². The second-order valence-corrected chi connectivity index (χ2v) is 8.05. The molecule has 0 spiro atoms. The molecule has 1 aliphatic carbocycles. The summed E-state index contributed by atoms with van der Waals surface area (Å²) in [6, 6.07) is 8.36. The fraction of sp³-hybridized carbons (Fsp3) is 0.652. The molecule has 0 radical (unpaired) electrons. The van der Waals surface area contributed by atoms with Gasteiger partial charge in [-0.2, -0.15) is 0 Å². The number of H-pyrrole nitrogens is 1. The third-order valence-corrected chi connectivity index (χ3v) is 5.37. The topological polar surface area (TPSA) is 69.8 Å². The smallest absolute Gasteiger partial charge is 0.234 e. The highest BCUT2D eigenvalue weighted by Crippen LogP contribution is 2.23. The molecule has 0 bridgehead atoms. The molecule has 3 rings (SSSR count). The van der Waals surface area contributed by atoms with Crippen molar-refractivity contribution in [1.29, 1.82) is 0 Å². The summed E-state index contributed by atoms with van der Waals surface area (Å²) in [5.74, 6) is 0.943. The van der Waals surface area contributed by atoms with Gasteiger partial charge in [-0.15, -0.1) is 0 Å². The third-order valence-electron chi connectivity index (χ3n) is 5.37. The Morgan fingerprint density at radius 2 is 2.00 bits per heavy atom. The number of unbranched alkanes of at least 4 members (excludes halogenated alkanes) is 4. The summed E-state index contributed by atoms with van der Waals surface area (Å²) in [6.07, 6.45) is 13.0. The Bertz CT molecular complexity index is 639. The van der Waals surface area contributed by atoms with Gasteiger partial charge in [-0.1, -0.05) is 64.5 Å².